The first-order chi connectivity index (χ1) is 17.4. The van der Waals surface area contributed by atoms with Crippen molar-refractivity contribution >= 4 is 24.9 Å². The van der Waals surface area contributed by atoms with E-state index in [1.165, 1.54) is 0 Å². The van der Waals surface area contributed by atoms with Gasteiger partial charge in [-0.2, -0.15) is 15.4 Å². The van der Waals surface area contributed by atoms with Gasteiger partial charge in [-0.3, -0.25) is 9.36 Å². The van der Waals surface area contributed by atoms with E-state index < -0.39 is 8.07 Å². The van der Waals surface area contributed by atoms with Crippen molar-refractivity contribution in [1.82, 2.24) is 29.5 Å². The zero-order valence-corrected chi connectivity index (χ0v) is 23.9. The third-order valence-corrected chi connectivity index (χ3v) is 8.72. The van der Waals surface area contributed by atoms with Gasteiger partial charge in [0.1, 0.15) is 12.4 Å². The molecular weight excluding hydrogens is 482 g/mol. The average molecular weight is 520 g/mol. The van der Waals surface area contributed by atoms with Crippen LogP contribution in [0.1, 0.15) is 27.7 Å². The Morgan fingerprint density at radius 2 is 1.95 bits per heavy atom. The van der Waals surface area contributed by atoms with E-state index >= 15 is 0 Å². The quantitative estimate of drug-likeness (QED) is 0.261. The van der Waals surface area contributed by atoms with Gasteiger partial charge in [0.05, 0.1) is 29.5 Å². The average Bonchev–Trinajstić information content (AvgIpc) is 3.51. The fraction of sp³-hybridized carbons (Fsp3) is 0.481. The smallest absolute Gasteiger partial charge is 0.255 e. The Morgan fingerprint density at radius 3 is 2.62 bits per heavy atom. The van der Waals surface area contributed by atoms with E-state index in [1.54, 1.807) is 16.8 Å². The summed E-state index contributed by atoms with van der Waals surface area (Å²) in [7, 11) is -1.18. The highest BCUT2D eigenvalue weighted by atomic mass is 28.3. The zero-order chi connectivity index (χ0) is 26.5. The maximum absolute atomic E-state index is 13.3. The Hall–Kier alpha value is -3.24. The van der Waals surface area contributed by atoms with E-state index in [9.17, 15) is 4.79 Å². The van der Waals surface area contributed by atoms with Gasteiger partial charge in [-0.1, -0.05) is 25.7 Å². The molecule has 0 atom stereocenters. The molecule has 0 spiro atoms. The molecule has 0 saturated carbocycles. The molecule has 4 heterocycles. The number of H-pyrrole nitrogens is 1. The topological polar surface area (TPSA) is 93.9 Å². The summed E-state index contributed by atoms with van der Waals surface area (Å²) >= 11 is 0. The molecule has 0 bridgehead atoms. The lowest BCUT2D eigenvalue weighted by molar-refractivity contribution is 0.0903. The Balaban J connectivity index is 1.61. The minimum Gasteiger partial charge on any atom is -0.361 e. The van der Waals surface area contributed by atoms with E-state index in [-0.39, 0.29) is 17.1 Å². The molecule has 0 unspecified atom stereocenters. The number of benzene rings is 1. The SMILES string of the molecule is CC(C)N1c2nc(-c3cn(COCC[Si](C)(C)C)c4ccc(-c5cn[nH]n5)cc34)cc(=O)n2CC1(C)C. The molecule has 37 heavy (non-hydrogen) atoms. The standard InChI is InChI=1S/C27H37N7O2Si/c1-18(2)34-26-29-22(13-25(35)33(26)16-27(34,3)4)21-15-32(17-36-10-11-37(5,6)7)24-9-8-19(12-20(21)24)23-14-28-31-30-23/h8-9,12-15,18H,10-11,16-17H2,1-7H3,(H,28,30,31). The van der Waals surface area contributed by atoms with Crippen LogP contribution in [0, 0.1) is 0 Å². The summed E-state index contributed by atoms with van der Waals surface area (Å²) in [5, 5.41) is 11.9. The molecule has 1 N–H and O–H groups in total. The summed E-state index contributed by atoms with van der Waals surface area (Å²) in [6.45, 7) is 17.5. The summed E-state index contributed by atoms with van der Waals surface area (Å²) in [5.41, 5.74) is 4.09. The van der Waals surface area contributed by atoms with Gasteiger partial charge < -0.3 is 14.2 Å². The van der Waals surface area contributed by atoms with E-state index in [0.717, 1.165) is 46.3 Å². The largest absolute Gasteiger partial charge is 0.361 e. The number of hydrogen-bond donors (Lipinski definition) is 1. The number of hydrogen-bond acceptors (Lipinski definition) is 6. The number of aromatic nitrogens is 6. The Labute approximate surface area is 218 Å². The van der Waals surface area contributed by atoms with Gasteiger partial charge in [0.25, 0.3) is 5.56 Å². The van der Waals surface area contributed by atoms with Crippen molar-refractivity contribution in [3.63, 3.8) is 0 Å². The van der Waals surface area contributed by atoms with Crippen molar-refractivity contribution in [3.8, 4) is 22.5 Å². The molecule has 1 aromatic carbocycles. The van der Waals surface area contributed by atoms with Crippen molar-refractivity contribution in [2.75, 3.05) is 11.5 Å². The second-order valence-corrected chi connectivity index (χ2v) is 17.7. The second-order valence-electron chi connectivity index (χ2n) is 12.1. The Morgan fingerprint density at radius 1 is 1.16 bits per heavy atom. The number of nitrogens with one attached hydrogen (secondary N) is 1. The highest BCUT2D eigenvalue weighted by molar-refractivity contribution is 6.76. The van der Waals surface area contributed by atoms with Crippen LogP contribution in [0.5, 0.6) is 0 Å². The molecule has 5 rings (SSSR count). The van der Waals surface area contributed by atoms with Crippen LogP contribution in [-0.4, -0.2) is 55.8 Å². The highest BCUT2D eigenvalue weighted by Gasteiger charge is 2.39. The molecule has 4 aromatic rings. The Kier molecular flexibility index (Phi) is 6.35. The summed E-state index contributed by atoms with van der Waals surface area (Å²) in [5.74, 6) is 0.724. The molecule has 9 nitrogen and oxygen atoms in total. The zero-order valence-electron chi connectivity index (χ0n) is 22.9. The van der Waals surface area contributed by atoms with Crippen LogP contribution in [-0.2, 0) is 18.0 Å². The number of anilines is 1. The molecule has 0 saturated heterocycles. The van der Waals surface area contributed by atoms with Gasteiger partial charge >= 0.3 is 0 Å². The second kappa shape index (κ2) is 9.25. The third-order valence-electron chi connectivity index (χ3n) is 7.01. The van der Waals surface area contributed by atoms with Crippen LogP contribution >= 0.6 is 0 Å². The Bertz CT molecular complexity index is 1480. The first-order valence-electron chi connectivity index (χ1n) is 12.9. The lowest BCUT2D eigenvalue weighted by atomic mass is 10.0. The molecule has 0 aliphatic carbocycles. The molecule has 0 fully saturated rings. The highest BCUT2D eigenvalue weighted by Crippen LogP contribution is 2.37. The lowest BCUT2D eigenvalue weighted by Gasteiger charge is -2.35. The molecule has 0 amide bonds. The summed E-state index contributed by atoms with van der Waals surface area (Å²) in [6, 6.07) is 9.20. The van der Waals surface area contributed by atoms with E-state index in [1.807, 2.05) is 6.07 Å². The molecule has 10 heteroatoms. The fourth-order valence-corrected chi connectivity index (χ4v) is 6.03. The predicted octanol–water partition coefficient (Wildman–Crippen LogP) is 4.97. The number of rotatable bonds is 8. The van der Waals surface area contributed by atoms with E-state index in [4.69, 9.17) is 9.72 Å². The lowest BCUT2D eigenvalue weighted by Crippen LogP contribution is -2.45. The number of ether oxygens (including phenoxy) is 1. The van der Waals surface area contributed by atoms with Gasteiger partial charge in [0.15, 0.2) is 0 Å². The molecule has 1 aliphatic rings. The van der Waals surface area contributed by atoms with Crippen molar-refractivity contribution < 1.29 is 4.74 Å². The van der Waals surface area contributed by atoms with E-state index in [0.29, 0.717) is 19.0 Å². The third kappa shape index (κ3) is 4.87. The predicted molar refractivity (Wildman–Crippen MR) is 151 cm³/mol. The van der Waals surface area contributed by atoms with Crippen molar-refractivity contribution in [1.29, 1.82) is 0 Å². The first-order valence-corrected chi connectivity index (χ1v) is 16.6. The summed E-state index contributed by atoms with van der Waals surface area (Å²) < 4.78 is 10.0. The van der Waals surface area contributed by atoms with Gasteiger partial charge in [-0.25, -0.2) is 4.98 Å². The van der Waals surface area contributed by atoms with Crippen LogP contribution in [0.2, 0.25) is 25.7 Å². The van der Waals surface area contributed by atoms with Gasteiger partial charge in [-0.05, 0) is 45.9 Å². The van der Waals surface area contributed by atoms with Gasteiger partial charge in [0, 0.05) is 49.5 Å². The minimum absolute atomic E-state index is 0.0313. The van der Waals surface area contributed by atoms with Crippen molar-refractivity contribution in [2.45, 2.75) is 78.2 Å². The van der Waals surface area contributed by atoms with Crippen LogP contribution < -0.4 is 10.5 Å². The first kappa shape index (κ1) is 25.4. The van der Waals surface area contributed by atoms with Crippen LogP contribution in [0.4, 0.5) is 5.95 Å². The summed E-state index contributed by atoms with van der Waals surface area (Å²) in [4.78, 5) is 20.6. The molecule has 196 valence electrons. The van der Waals surface area contributed by atoms with Crippen LogP contribution in [0.25, 0.3) is 33.4 Å². The number of aromatic amines is 1. The van der Waals surface area contributed by atoms with E-state index in [2.05, 4.69) is 90.5 Å². The number of fused-ring (bicyclic) bond motifs is 2. The summed E-state index contributed by atoms with van der Waals surface area (Å²) in [6.07, 6.45) is 3.77. The monoisotopic (exact) mass is 519 g/mol. The van der Waals surface area contributed by atoms with Gasteiger partial charge in [0.2, 0.25) is 5.95 Å². The molecular formula is C27H37N7O2Si. The van der Waals surface area contributed by atoms with Crippen molar-refractivity contribution in [3.05, 3.63) is 47.0 Å². The minimum atomic E-state index is -1.18. The maximum Gasteiger partial charge on any atom is 0.255 e. The van der Waals surface area contributed by atoms with Crippen LogP contribution in [0.15, 0.2) is 41.5 Å². The molecule has 1 aliphatic heterocycles. The fourth-order valence-electron chi connectivity index (χ4n) is 5.28. The maximum atomic E-state index is 13.3. The molecule has 3 aromatic heterocycles. The number of nitrogens with zero attached hydrogens (tertiary/aromatic N) is 6. The normalized spacial score (nSPS) is 15.2. The van der Waals surface area contributed by atoms with Gasteiger partial charge in [-0.15, -0.1) is 0 Å². The van der Waals surface area contributed by atoms with Crippen LogP contribution in [0.3, 0.4) is 0 Å². The molecule has 0 radical (unpaired) electrons. The van der Waals surface area contributed by atoms with Crippen molar-refractivity contribution in [2.24, 2.45) is 0 Å².